The molecule has 1 N–H and O–H groups in total. The van der Waals surface area contributed by atoms with Crippen molar-refractivity contribution >= 4 is 5.84 Å². The molecule has 0 saturated heterocycles. The fraction of sp³-hybridized carbons (Fsp3) is 0.714. The van der Waals surface area contributed by atoms with Gasteiger partial charge in [0.25, 0.3) is 0 Å². The van der Waals surface area contributed by atoms with Gasteiger partial charge in [0.05, 0.1) is 12.7 Å². The van der Waals surface area contributed by atoms with E-state index in [1.165, 1.54) is 24.1 Å². The first kappa shape index (κ1) is 29.0. The van der Waals surface area contributed by atoms with E-state index in [9.17, 15) is 5.26 Å². The first-order valence-corrected chi connectivity index (χ1v) is 13.1. The average molecular weight is 457 g/mol. The highest BCUT2D eigenvalue weighted by atomic mass is 16.5. The minimum absolute atomic E-state index is 0.295. The zero-order valence-electron chi connectivity index (χ0n) is 21.7. The normalized spacial score (nSPS) is 17.5. The Labute approximate surface area is 203 Å². The number of aliphatic imine (C=N–C) groups is 1. The standard InChI is InChI=1S/C28H48N4O/c1-7-12-14-17-25-26(11-5)30-28(33-22-24(15-9-3)16-13-8-2)31-27(25)32(20-10-4)21-23(6)18-19-29/h7,9,23-24,28,30H,1,3,8,10-18,20-22H2,2,4-6H3/t23?,24-,28?/m0/s1. The summed E-state index contributed by atoms with van der Waals surface area (Å²) in [7, 11) is 0. The molecule has 0 aromatic heterocycles. The van der Waals surface area contributed by atoms with Crippen molar-refractivity contribution in [2.45, 2.75) is 98.3 Å². The SMILES string of the molecule is C=CCCCC1=C(CC)NC(OC[C@@H](CC=C)CCCC)N=C1N(CCC)CC(C)CC#N. The van der Waals surface area contributed by atoms with E-state index >= 15 is 0 Å². The Morgan fingerprint density at radius 3 is 2.61 bits per heavy atom. The van der Waals surface area contributed by atoms with E-state index in [2.05, 4.69) is 57.1 Å². The first-order chi connectivity index (χ1) is 16.0. The molecule has 3 atom stereocenters. The molecule has 0 fully saturated rings. The molecule has 186 valence electrons. The van der Waals surface area contributed by atoms with E-state index in [4.69, 9.17) is 9.73 Å². The highest BCUT2D eigenvalue weighted by Gasteiger charge is 2.27. The second-order valence-electron chi connectivity index (χ2n) is 9.22. The number of unbranched alkanes of at least 4 members (excludes halogenated alkanes) is 2. The number of hydrogen-bond donors (Lipinski definition) is 1. The minimum atomic E-state index is -0.363. The van der Waals surface area contributed by atoms with Gasteiger partial charge in [0.1, 0.15) is 5.84 Å². The molecule has 1 aliphatic rings. The molecule has 1 rings (SSSR count). The fourth-order valence-corrected chi connectivity index (χ4v) is 4.32. The van der Waals surface area contributed by atoms with Crippen molar-refractivity contribution in [3.63, 3.8) is 0 Å². The van der Waals surface area contributed by atoms with Crippen molar-refractivity contribution in [3.05, 3.63) is 36.6 Å². The maximum Gasteiger partial charge on any atom is 0.227 e. The topological polar surface area (TPSA) is 60.6 Å². The van der Waals surface area contributed by atoms with Crippen molar-refractivity contribution < 1.29 is 4.74 Å². The Hall–Kier alpha value is -2.06. The van der Waals surface area contributed by atoms with Crippen LogP contribution in [-0.2, 0) is 4.74 Å². The maximum atomic E-state index is 9.18. The van der Waals surface area contributed by atoms with Gasteiger partial charge >= 0.3 is 0 Å². The smallest absolute Gasteiger partial charge is 0.227 e. The van der Waals surface area contributed by atoms with E-state index in [-0.39, 0.29) is 6.35 Å². The van der Waals surface area contributed by atoms with Crippen molar-refractivity contribution in [3.8, 4) is 6.07 Å². The Morgan fingerprint density at radius 2 is 2.00 bits per heavy atom. The lowest BCUT2D eigenvalue weighted by Gasteiger charge is -2.35. The highest BCUT2D eigenvalue weighted by molar-refractivity contribution is 5.99. The molecular weight excluding hydrogens is 408 g/mol. The van der Waals surface area contributed by atoms with Crippen LogP contribution in [0.15, 0.2) is 41.6 Å². The van der Waals surface area contributed by atoms with Gasteiger partial charge in [-0.2, -0.15) is 5.26 Å². The van der Waals surface area contributed by atoms with E-state index in [1.54, 1.807) is 0 Å². The third kappa shape index (κ3) is 10.6. The van der Waals surface area contributed by atoms with Gasteiger partial charge < -0.3 is 15.0 Å². The number of allylic oxidation sites excluding steroid dienone is 3. The monoisotopic (exact) mass is 456 g/mol. The van der Waals surface area contributed by atoms with Crippen LogP contribution in [-0.4, -0.2) is 36.8 Å². The second-order valence-corrected chi connectivity index (χ2v) is 9.22. The Morgan fingerprint density at radius 1 is 1.21 bits per heavy atom. The van der Waals surface area contributed by atoms with Crippen LogP contribution in [0.5, 0.6) is 0 Å². The Bertz CT molecular complexity index is 676. The van der Waals surface area contributed by atoms with E-state index in [0.717, 1.165) is 63.9 Å². The summed E-state index contributed by atoms with van der Waals surface area (Å²) in [6, 6.07) is 2.33. The van der Waals surface area contributed by atoms with Crippen LogP contribution in [0.25, 0.3) is 0 Å². The molecule has 0 aromatic rings. The third-order valence-corrected chi connectivity index (χ3v) is 6.08. The van der Waals surface area contributed by atoms with E-state index < -0.39 is 0 Å². The van der Waals surface area contributed by atoms with Gasteiger partial charge in [-0.3, -0.25) is 0 Å². The van der Waals surface area contributed by atoms with Gasteiger partial charge in [0.15, 0.2) is 0 Å². The molecule has 5 nitrogen and oxygen atoms in total. The second kappa shape index (κ2) is 17.4. The van der Waals surface area contributed by atoms with Crippen LogP contribution in [0.4, 0.5) is 0 Å². The van der Waals surface area contributed by atoms with E-state index in [1.807, 2.05) is 12.2 Å². The molecule has 0 bridgehead atoms. The molecule has 0 radical (unpaired) electrons. The van der Waals surface area contributed by atoms with Crippen LogP contribution in [0.3, 0.4) is 0 Å². The summed E-state index contributed by atoms with van der Waals surface area (Å²) >= 11 is 0. The maximum absolute atomic E-state index is 9.18. The molecule has 0 aliphatic carbocycles. The summed E-state index contributed by atoms with van der Waals surface area (Å²) in [6.45, 7) is 19.0. The summed E-state index contributed by atoms with van der Waals surface area (Å²) in [5, 5.41) is 12.8. The minimum Gasteiger partial charge on any atom is -0.356 e. The fourth-order valence-electron chi connectivity index (χ4n) is 4.32. The largest absolute Gasteiger partial charge is 0.356 e. The van der Waals surface area contributed by atoms with Gasteiger partial charge in [-0.05, 0) is 56.8 Å². The number of hydrogen-bond acceptors (Lipinski definition) is 5. The molecule has 2 unspecified atom stereocenters. The van der Waals surface area contributed by atoms with Gasteiger partial charge in [-0.25, -0.2) is 4.99 Å². The quantitative estimate of drug-likeness (QED) is 0.179. The molecule has 0 spiro atoms. The van der Waals surface area contributed by atoms with Crippen molar-refractivity contribution in [1.82, 2.24) is 10.2 Å². The van der Waals surface area contributed by atoms with Crippen molar-refractivity contribution in [2.75, 3.05) is 19.7 Å². The summed E-state index contributed by atoms with van der Waals surface area (Å²) < 4.78 is 6.34. The number of ether oxygens (including phenoxy) is 1. The van der Waals surface area contributed by atoms with Gasteiger partial charge in [0.2, 0.25) is 6.35 Å². The predicted molar refractivity (Wildman–Crippen MR) is 141 cm³/mol. The lowest BCUT2D eigenvalue weighted by atomic mass is 9.99. The Balaban J connectivity index is 3.15. The summed E-state index contributed by atoms with van der Waals surface area (Å²) in [5.74, 6) is 1.83. The van der Waals surface area contributed by atoms with Gasteiger partial charge in [0, 0.05) is 30.8 Å². The average Bonchev–Trinajstić information content (AvgIpc) is 2.81. The Kier molecular flexibility index (Phi) is 15.3. The summed E-state index contributed by atoms with van der Waals surface area (Å²) in [6.07, 6.45) is 13.7. The zero-order chi connectivity index (χ0) is 24.5. The molecule has 0 saturated carbocycles. The molecule has 5 heteroatoms. The molecule has 1 heterocycles. The van der Waals surface area contributed by atoms with E-state index in [0.29, 0.717) is 24.9 Å². The lowest BCUT2D eigenvalue weighted by molar-refractivity contribution is 0.0156. The number of nitrogens with zero attached hydrogens (tertiary/aromatic N) is 3. The zero-order valence-corrected chi connectivity index (χ0v) is 21.7. The predicted octanol–water partition coefficient (Wildman–Crippen LogP) is 6.95. The number of amidine groups is 1. The van der Waals surface area contributed by atoms with Gasteiger partial charge in [-0.1, -0.05) is 52.7 Å². The molecule has 0 amide bonds. The number of nitrogens with one attached hydrogen (secondary N) is 1. The summed E-state index contributed by atoms with van der Waals surface area (Å²) in [4.78, 5) is 7.49. The van der Waals surface area contributed by atoms with Crippen LogP contribution >= 0.6 is 0 Å². The lowest BCUT2D eigenvalue weighted by Crippen LogP contribution is -2.44. The van der Waals surface area contributed by atoms with Crippen LogP contribution in [0.2, 0.25) is 0 Å². The highest BCUT2D eigenvalue weighted by Crippen LogP contribution is 2.25. The van der Waals surface area contributed by atoms with Gasteiger partial charge in [-0.15, -0.1) is 13.2 Å². The molecular formula is C28H48N4O. The van der Waals surface area contributed by atoms with Crippen LogP contribution < -0.4 is 5.32 Å². The molecule has 1 aliphatic heterocycles. The molecule has 0 aromatic carbocycles. The number of nitriles is 1. The summed E-state index contributed by atoms with van der Waals surface area (Å²) in [5.41, 5.74) is 2.53. The van der Waals surface area contributed by atoms with Crippen LogP contribution in [0.1, 0.15) is 91.9 Å². The molecule has 33 heavy (non-hydrogen) atoms. The van der Waals surface area contributed by atoms with Crippen molar-refractivity contribution in [1.29, 1.82) is 5.26 Å². The first-order valence-electron chi connectivity index (χ1n) is 13.1. The number of rotatable bonds is 18. The third-order valence-electron chi connectivity index (χ3n) is 6.08. The van der Waals surface area contributed by atoms with Crippen LogP contribution in [0, 0.1) is 23.2 Å². The van der Waals surface area contributed by atoms with Crippen molar-refractivity contribution in [2.24, 2.45) is 16.8 Å².